The third-order valence-electron chi connectivity index (χ3n) is 2.45. The van der Waals surface area contributed by atoms with E-state index in [2.05, 4.69) is 20.2 Å². The summed E-state index contributed by atoms with van der Waals surface area (Å²) in [5.41, 5.74) is 0. The van der Waals surface area contributed by atoms with E-state index in [1.807, 2.05) is 7.05 Å². The summed E-state index contributed by atoms with van der Waals surface area (Å²) in [5.74, 6) is -0.274. The average Bonchev–Trinajstić information content (AvgIpc) is 2.58. The van der Waals surface area contributed by atoms with Crippen molar-refractivity contribution in [2.45, 2.75) is 12.5 Å². The molecule has 1 atom stereocenters. The zero-order valence-corrected chi connectivity index (χ0v) is 9.13. The summed E-state index contributed by atoms with van der Waals surface area (Å²) in [6.45, 7) is 1.90. The Bertz CT molecular complexity index is 360. The first-order valence-electron chi connectivity index (χ1n) is 4.78. The largest absolute Gasteiger partial charge is 0.363 e. The first-order valence-corrected chi connectivity index (χ1v) is 5.16. The second-order valence-corrected chi connectivity index (χ2v) is 4.07. The van der Waals surface area contributed by atoms with Crippen molar-refractivity contribution >= 4 is 17.4 Å². The number of hydrogen-bond acceptors (Lipinski definition) is 4. The first kappa shape index (κ1) is 10.6. The fourth-order valence-corrected chi connectivity index (χ4v) is 1.83. The van der Waals surface area contributed by atoms with Crippen LogP contribution in [-0.4, -0.2) is 41.0 Å². The molecule has 0 spiro atoms. The fraction of sp³-hybridized carbons (Fsp3) is 0.556. The standard InChI is InChI=1S/C9H12ClFN4/c1-15-3-2-6(5-15)13-8-7(11)4-12-9(10)14-8/h4,6H,2-3,5H2,1H3,(H,12,13,14). The predicted octanol–water partition coefficient (Wildman–Crippen LogP) is 1.39. The van der Waals surface area contributed by atoms with E-state index in [1.165, 1.54) is 0 Å². The maximum absolute atomic E-state index is 13.3. The number of rotatable bonds is 2. The van der Waals surface area contributed by atoms with Gasteiger partial charge in [0.15, 0.2) is 11.6 Å². The van der Waals surface area contributed by atoms with Crippen molar-refractivity contribution in [2.75, 3.05) is 25.5 Å². The molecule has 2 rings (SSSR count). The van der Waals surface area contributed by atoms with Crippen LogP contribution in [0.3, 0.4) is 0 Å². The monoisotopic (exact) mass is 230 g/mol. The molecule has 1 aromatic rings. The summed E-state index contributed by atoms with van der Waals surface area (Å²) < 4.78 is 13.3. The summed E-state index contributed by atoms with van der Waals surface area (Å²) in [4.78, 5) is 9.55. The number of halogens is 2. The van der Waals surface area contributed by atoms with Crippen LogP contribution in [0, 0.1) is 5.82 Å². The predicted molar refractivity (Wildman–Crippen MR) is 56.5 cm³/mol. The maximum atomic E-state index is 13.3. The van der Waals surface area contributed by atoms with Crippen molar-refractivity contribution in [3.8, 4) is 0 Å². The molecule has 1 saturated heterocycles. The number of likely N-dealkylation sites (N-methyl/N-ethyl adjacent to an activating group) is 1. The summed E-state index contributed by atoms with van der Waals surface area (Å²) in [6.07, 6.45) is 2.06. The highest BCUT2D eigenvalue weighted by molar-refractivity contribution is 6.28. The number of likely N-dealkylation sites (tertiary alicyclic amines) is 1. The quantitative estimate of drug-likeness (QED) is 0.780. The molecule has 1 aromatic heterocycles. The molecule has 0 aliphatic carbocycles. The van der Waals surface area contributed by atoms with E-state index in [9.17, 15) is 4.39 Å². The van der Waals surface area contributed by atoms with Gasteiger partial charge in [0.25, 0.3) is 0 Å². The molecule has 0 amide bonds. The highest BCUT2D eigenvalue weighted by Gasteiger charge is 2.20. The van der Waals surface area contributed by atoms with Gasteiger partial charge in [0.05, 0.1) is 6.20 Å². The lowest BCUT2D eigenvalue weighted by molar-refractivity contribution is 0.413. The van der Waals surface area contributed by atoms with Crippen LogP contribution < -0.4 is 5.32 Å². The van der Waals surface area contributed by atoms with Crippen LogP contribution >= 0.6 is 11.6 Å². The lowest BCUT2D eigenvalue weighted by atomic mass is 10.2. The summed E-state index contributed by atoms with van der Waals surface area (Å²) in [6, 6.07) is 0.232. The Morgan fingerprint density at radius 1 is 1.67 bits per heavy atom. The zero-order valence-electron chi connectivity index (χ0n) is 8.37. The number of hydrogen-bond donors (Lipinski definition) is 1. The number of nitrogens with zero attached hydrogens (tertiary/aromatic N) is 3. The smallest absolute Gasteiger partial charge is 0.224 e. The molecule has 1 N–H and O–H groups in total. The topological polar surface area (TPSA) is 41.0 Å². The molecule has 82 valence electrons. The minimum absolute atomic E-state index is 0.0604. The van der Waals surface area contributed by atoms with Gasteiger partial charge in [0.1, 0.15) is 0 Å². The van der Waals surface area contributed by atoms with Crippen LogP contribution in [0.15, 0.2) is 6.20 Å². The molecule has 1 aliphatic rings. The van der Waals surface area contributed by atoms with Crippen molar-refractivity contribution in [3.05, 3.63) is 17.3 Å². The fourth-order valence-electron chi connectivity index (χ4n) is 1.69. The molecule has 4 nitrogen and oxygen atoms in total. The minimum Gasteiger partial charge on any atom is -0.363 e. The minimum atomic E-state index is -0.464. The Morgan fingerprint density at radius 3 is 3.13 bits per heavy atom. The maximum Gasteiger partial charge on any atom is 0.224 e. The van der Waals surface area contributed by atoms with E-state index in [4.69, 9.17) is 11.6 Å². The van der Waals surface area contributed by atoms with E-state index in [0.29, 0.717) is 0 Å². The highest BCUT2D eigenvalue weighted by Crippen LogP contribution is 2.16. The van der Waals surface area contributed by atoms with E-state index in [0.717, 1.165) is 25.7 Å². The molecule has 6 heteroatoms. The SMILES string of the molecule is CN1CCC(Nc2nc(Cl)ncc2F)C1. The Kier molecular flexibility index (Phi) is 3.02. The van der Waals surface area contributed by atoms with Gasteiger partial charge in [-0.25, -0.2) is 9.37 Å². The molecular formula is C9H12ClFN4. The van der Waals surface area contributed by atoms with Crippen molar-refractivity contribution in [1.82, 2.24) is 14.9 Å². The molecule has 0 saturated carbocycles. The Morgan fingerprint density at radius 2 is 2.47 bits per heavy atom. The van der Waals surface area contributed by atoms with Crippen LogP contribution in [0.1, 0.15) is 6.42 Å². The second kappa shape index (κ2) is 4.28. The van der Waals surface area contributed by atoms with E-state index in [-0.39, 0.29) is 17.1 Å². The third kappa shape index (κ3) is 2.54. The molecular weight excluding hydrogens is 219 g/mol. The molecule has 0 radical (unpaired) electrons. The molecule has 0 aromatic carbocycles. The normalized spacial score (nSPS) is 21.9. The van der Waals surface area contributed by atoms with Crippen LogP contribution in [0.5, 0.6) is 0 Å². The number of aromatic nitrogens is 2. The van der Waals surface area contributed by atoms with Gasteiger partial charge in [-0.2, -0.15) is 4.98 Å². The Balaban J connectivity index is 2.07. The van der Waals surface area contributed by atoms with Gasteiger partial charge in [0, 0.05) is 12.6 Å². The number of anilines is 1. The highest BCUT2D eigenvalue weighted by atomic mass is 35.5. The van der Waals surface area contributed by atoms with E-state index < -0.39 is 5.82 Å². The van der Waals surface area contributed by atoms with Crippen molar-refractivity contribution in [1.29, 1.82) is 0 Å². The Labute approximate surface area is 92.5 Å². The van der Waals surface area contributed by atoms with E-state index in [1.54, 1.807) is 0 Å². The van der Waals surface area contributed by atoms with Crippen molar-refractivity contribution in [2.24, 2.45) is 0 Å². The van der Waals surface area contributed by atoms with Crippen LogP contribution in [-0.2, 0) is 0 Å². The molecule has 2 heterocycles. The average molecular weight is 231 g/mol. The van der Waals surface area contributed by atoms with Gasteiger partial charge in [-0.3, -0.25) is 0 Å². The summed E-state index contributed by atoms with van der Waals surface area (Å²) in [5, 5.41) is 3.09. The summed E-state index contributed by atoms with van der Waals surface area (Å²) >= 11 is 5.59. The molecule has 1 unspecified atom stereocenters. The van der Waals surface area contributed by atoms with Crippen LogP contribution in [0.25, 0.3) is 0 Å². The molecule has 1 fully saturated rings. The second-order valence-electron chi connectivity index (χ2n) is 3.73. The molecule has 1 aliphatic heterocycles. The third-order valence-corrected chi connectivity index (χ3v) is 2.63. The lowest BCUT2D eigenvalue weighted by Gasteiger charge is -2.13. The summed E-state index contributed by atoms with van der Waals surface area (Å²) in [7, 11) is 2.03. The zero-order chi connectivity index (χ0) is 10.8. The van der Waals surface area contributed by atoms with Gasteiger partial charge in [-0.15, -0.1) is 0 Å². The van der Waals surface area contributed by atoms with Gasteiger partial charge in [-0.05, 0) is 31.6 Å². The van der Waals surface area contributed by atoms with Gasteiger partial charge >= 0.3 is 0 Å². The van der Waals surface area contributed by atoms with Crippen LogP contribution in [0.4, 0.5) is 10.2 Å². The van der Waals surface area contributed by atoms with Gasteiger partial charge in [0.2, 0.25) is 5.28 Å². The molecule has 15 heavy (non-hydrogen) atoms. The van der Waals surface area contributed by atoms with Crippen LogP contribution in [0.2, 0.25) is 5.28 Å². The van der Waals surface area contributed by atoms with Gasteiger partial charge < -0.3 is 10.2 Å². The molecule has 0 bridgehead atoms. The van der Waals surface area contributed by atoms with Gasteiger partial charge in [-0.1, -0.05) is 0 Å². The van der Waals surface area contributed by atoms with Crippen molar-refractivity contribution < 1.29 is 4.39 Å². The van der Waals surface area contributed by atoms with Crippen molar-refractivity contribution in [3.63, 3.8) is 0 Å². The first-order chi connectivity index (χ1) is 7.15. The van der Waals surface area contributed by atoms with E-state index >= 15 is 0 Å². The number of nitrogens with one attached hydrogen (secondary N) is 1. The lowest BCUT2D eigenvalue weighted by Crippen LogP contribution is -2.24. The Hall–Kier alpha value is -0.940.